The molecule has 3 atom stereocenters. The molecule has 5 aromatic carbocycles. The number of rotatable bonds is 11. The zero-order chi connectivity index (χ0) is 37.0. The van der Waals surface area contributed by atoms with Crippen LogP contribution in [0, 0.1) is 23.0 Å². The molecule has 0 spiro atoms. The topological polar surface area (TPSA) is 86.3 Å². The standard InChI is InChI=1S/C43H40F2N2O6/c1-42(2)27-52-43(53-28-42,32-15-17-33(44)18-16-32)38(40(48)47-37(26-51-41(47)49)30-11-7-4-8-12-30)39(46-35-21-19-34(45)20-22-35)31-13-23-36(24-14-31)50-25-29-9-5-3-6-10-29/h3-24,37-39,46H,25-28H2,1-2H3/t37-,38-,39-/m1/s1. The fraction of sp³-hybridized carbons (Fsp3) is 0.256. The van der Waals surface area contributed by atoms with E-state index in [9.17, 15) is 13.6 Å². The van der Waals surface area contributed by atoms with Crippen LogP contribution in [0.15, 0.2) is 133 Å². The van der Waals surface area contributed by atoms with E-state index in [2.05, 4.69) is 5.32 Å². The summed E-state index contributed by atoms with van der Waals surface area (Å²) in [5, 5.41) is 3.46. The summed E-state index contributed by atoms with van der Waals surface area (Å²) in [7, 11) is 0. The van der Waals surface area contributed by atoms with Gasteiger partial charge in [0.15, 0.2) is 0 Å². The number of anilines is 1. The maximum Gasteiger partial charge on any atom is 0.417 e. The monoisotopic (exact) mass is 718 g/mol. The first-order valence-electron chi connectivity index (χ1n) is 17.5. The summed E-state index contributed by atoms with van der Waals surface area (Å²) in [6.45, 7) is 4.60. The minimum Gasteiger partial charge on any atom is -0.489 e. The summed E-state index contributed by atoms with van der Waals surface area (Å²) >= 11 is 0. The van der Waals surface area contributed by atoms with Gasteiger partial charge in [0.25, 0.3) is 0 Å². The normalized spacial score (nSPS) is 18.8. The fourth-order valence-electron chi connectivity index (χ4n) is 6.75. The smallest absolute Gasteiger partial charge is 0.417 e. The minimum absolute atomic E-state index is 0.0525. The van der Waals surface area contributed by atoms with Crippen molar-refractivity contribution in [3.05, 3.63) is 167 Å². The van der Waals surface area contributed by atoms with Gasteiger partial charge in [-0.25, -0.2) is 18.5 Å². The highest BCUT2D eigenvalue weighted by Gasteiger charge is 2.58. The maximum atomic E-state index is 15.5. The molecule has 2 fully saturated rings. The first kappa shape index (κ1) is 35.8. The van der Waals surface area contributed by atoms with Crippen molar-refractivity contribution in [3.63, 3.8) is 0 Å². The molecule has 0 saturated carbocycles. The number of amides is 2. The summed E-state index contributed by atoms with van der Waals surface area (Å²) in [5.41, 5.74) is 2.75. The zero-order valence-corrected chi connectivity index (χ0v) is 29.4. The van der Waals surface area contributed by atoms with E-state index in [0.29, 0.717) is 34.7 Å². The molecule has 0 radical (unpaired) electrons. The highest BCUT2D eigenvalue weighted by atomic mass is 19.1. The van der Waals surface area contributed by atoms with Gasteiger partial charge in [-0.15, -0.1) is 0 Å². The second-order valence-corrected chi connectivity index (χ2v) is 14.1. The highest BCUT2D eigenvalue weighted by Crippen LogP contribution is 2.49. The molecule has 2 saturated heterocycles. The number of nitrogens with zero attached hydrogens (tertiary/aromatic N) is 1. The lowest BCUT2D eigenvalue weighted by atomic mass is 9.79. The molecule has 8 nitrogen and oxygen atoms in total. The van der Waals surface area contributed by atoms with E-state index >= 15 is 4.79 Å². The molecule has 7 rings (SSSR count). The third kappa shape index (κ3) is 7.79. The summed E-state index contributed by atoms with van der Waals surface area (Å²) < 4.78 is 53.7. The van der Waals surface area contributed by atoms with E-state index in [4.69, 9.17) is 18.9 Å². The van der Waals surface area contributed by atoms with Gasteiger partial charge in [-0.05, 0) is 65.2 Å². The Morgan fingerprint density at radius 2 is 1.40 bits per heavy atom. The molecule has 2 heterocycles. The Bertz CT molecular complexity index is 2000. The quantitative estimate of drug-likeness (QED) is 0.146. The summed E-state index contributed by atoms with van der Waals surface area (Å²) in [6.07, 6.45) is -0.815. The fourth-order valence-corrected chi connectivity index (χ4v) is 6.75. The van der Waals surface area contributed by atoms with Crippen LogP contribution < -0.4 is 10.1 Å². The van der Waals surface area contributed by atoms with Crippen molar-refractivity contribution < 1.29 is 37.3 Å². The molecule has 0 aromatic heterocycles. The number of hydrogen-bond acceptors (Lipinski definition) is 7. The largest absolute Gasteiger partial charge is 0.489 e. The van der Waals surface area contributed by atoms with Crippen molar-refractivity contribution in [1.82, 2.24) is 4.90 Å². The van der Waals surface area contributed by atoms with E-state index in [1.54, 1.807) is 24.3 Å². The Balaban J connectivity index is 1.38. The molecule has 53 heavy (non-hydrogen) atoms. The second-order valence-electron chi connectivity index (χ2n) is 14.1. The Labute approximate surface area is 307 Å². The van der Waals surface area contributed by atoms with Crippen LogP contribution in [0.5, 0.6) is 5.75 Å². The van der Waals surface area contributed by atoms with Crippen LogP contribution in [-0.4, -0.2) is 36.7 Å². The van der Waals surface area contributed by atoms with Gasteiger partial charge in [0.05, 0.1) is 19.3 Å². The number of ether oxygens (including phenoxy) is 4. The molecule has 0 unspecified atom stereocenters. The van der Waals surface area contributed by atoms with Crippen LogP contribution in [0.25, 0.3) is 0 Å². The lowest BCUT2D eigenvalue weighted by Gasteiger charge is -2.49. The number of carbonyl (C=O) groups excluding carboxylic acids is 2. The molecule has 2 aliphatic heterocycles. The zero-order valence-electron chi connectivity index (χ0n) is 29.4. The van der Waals surface area contributed by atoms with Gasteiger partial charge in [0, 0.05) is 16.7 Å². The third-order valence-corrected chi connectivity index (χ3v) is 9.56. The number of carbonyl (C=O) groups is 2. The SMILES string of the molecule is CC1(C)COC(c2ccc(F)cc2)([C@@H](C(=O)N2C(=O)OC[C@@H]2c2ccccc2)[C@H](Nc2ccc(F)cc2)c2ccc(OCc3ccccc3)cc2)OC1. The molecular formula is C43H40F2N2O6. The minimum atomic E-state index is -1.83. The highest BCUT2D eigenvalue weighted by molar-refractivity contribution is 5.96. The number of imide groups is 1. The lowest BCUT2D eigenvalue weighted by Crippen LogP contribution is -2.57. The second kappa shape index (κ2) is 15.2. The maximum absolute atomic E-state index is 15.5. The molecule has 5 aromatic rings. The van der Waals surface area contributed by atoms with Gasteiger partial charge < -0.3 is 24.3 Å². The first-order valence-corrected chi connectivity index (χ1v) is 17.5. The van der Waals surface area contributed by atoms with Crippen molar-refractivity contribution in [1.29, 1.82) is 0 Å². The van der Waals surface area contributed by atoms with E-state index < -0.39 is 52.8 Å². The van der Waals surface area contributed by atoms with Crippen molar-refractivity contribution in [2.24, 2.45) is 11.3 Å². The Morgan fingerprint density at radius 3 is 2.02 bits per heavy atom. The third-order valence-electron chi connectivity index (χ3n) is 9.56. The first-order chi connectivity index (χ1) is 25.6. The molecule has 272 valence electrons. The lowest BCUT2D eigenvalue weighted by molar-refractivity contribution is -0.330. The summed E-state index contributed by atoms with van der Waals surface area (Å²) in [4.78, 5) is 30.3. The van der Waals surface area contributed by atoms with E-state index in [0.717, 1.165) is 10.5 Å². The Morgan fingerprint density at radius 1 is 0.811 bits per heavy atom. The Kier molecular flexibility index (Phi) is 10.3. The van der Waals surface area contributed by atoms with Crippen LogP contribution in [-0.2, 0) is 31.4 Å². The number of halogens is 2. The van der Waals surface area contributed by atoms with Crippen molar-refractivity contribution >= 4 is 17.7 Å². The predicted molar refractivity (Wildman–Crippen MR) is 195 cm³/mol. The Hall–Kier alpha value is -5.58. The van der Waals surface area contributed by atoms with E-state index in [-0.39, 0.29) is 19.8 Å². The van der Waals surface area contributed by atoms with Crippen LogP contribution >= 0.6 is 0 Å². The average Bonchev–Trinajstić information content (AvgIpc) is 3.57. The summed E-state index contributed by atoms with van der Waals surface area (Å²) in [6, 6.07) is 35.8. The van der Waals surface area contributed by atoms with Crippen LogP contribution in [0.1, 0.15) is 48.2 Å². The van der Waals surface area contributed by atoms with Gasteiger partial charge in [0.1, 0.15) is 42.6 Å². The van der Waals surface area contributed by atoms with Crippen LogP contribution in [0.4, 0.5) is 19.3 Å². The molecule has 1 N–H and O–H groups in total. The molecule has 10 heteroatoms. The number of benzene rings is 5. The van der Waals surface area contributed by atoms with Gasteiger partial charge in [-0.3, -0.25) is 4.79 Å². The molecular weight excluding hydrogens is 678 g/mol. The number of cyclic esters (lactones) is 1. The van der Waals surface area contributed by atoms with Gasteiger partial charge in [-0.1, -0.05) is 98.8 Å². The predicted octanol–water partition coefficient (Wildman–Crippen LogP) is 8.96. The summed E-state index contributed by atoms with van der Waals surface area (Å²) in [5.74, 6) is -4.13. The van der Waals surface area contributed by atoms with Crippen molar-refractivity contribution in [2.45, 2.75) is 38.3 Å². The molecule has 0 aliphatic carbocycles. The molecule has 0 bridgehead atoms. The average molecular weight is 719 g/mol. The van der Waals surface area contributed by atoms with E-state index in [1.165, 1.54) is 36.4 Å². The van der Waals surface area contributed by atoms with Gasteiger partial charge in [0.2, 0.25) is 11.7 Å². The number of nitrogens with one attached hydrogen (secondary N) is 1. The van der Waals surface area contributed by atoms with Gasteiger partial charge in [-0.2, -0.15) is 0 Å². The van der Waals surface area contributed by atoms with Crippen LogP contribution in [0.3, 0.4) is 0 Å². The molecule has 2 aliphatic rings. The molecule has 2 amide bonds. The van der Waals surface area contributed by atoms with Crippen LogP contribution in [0.2, 0.25) is 0 Å². The number of hydrogen-bond donors (Lipinski definition) is 1. The van der Waals surface area contributed by atoms with Crippen molar-refractivity contribution in [3.8, 4) is 5.75 Å². The van der Waals surface area contributed by atoms with Crippen molar-refractivity contribution in [2.75, 3.05) is 25.1 Å². The van der Waals surface area contributed by atoms with E-state index in [1.807, 2.05) is 86.6 Å². The van der Waals surface area contributed by atoms with Gasteiger partial charge >= 0.3 is 6.09 Å².